The Morgan fingerprint density at radius 3 is 3.12 bits per heavy atom. The molecule has 0 aliphatic heterocycles. The number of H-pyrrole nitrogens is 1. The van der Waals surface area contributed by atoms with E-state index in [9.17, 15) is 4.79 Å². The molecule has 0 saturated heterocycles. The minimum atomic E-state index is -0.165. The number of halogens is 1. The van der Waals surface area contributed by atoms with E-state index in [0.29, 0.717) is 32.4 Å². The highest BCUT2D eigenvalue weighted by Gasteiger charge is 2.13. The van der Waals surface area contributed by atoms with E-state index in [1.54, 1.807) is 36.9 Å². The Morgan fingerprint density at radius 1 is 1.50 bits per heavy atom. The molecule has 124 valence electrons. The minimum Gasteiger partial charge on any atom is -0.496 e. The van der Waals surface area contributed by atoms with Crippen LogP contribution in [-0.4, -0.2) is 38.9 Å². The van der Waals surface area contributed by atoms with E-state index in [4.69, 9.17) is 16.3 Å². The van der Waals surface area contributed by atoms with Gasteiger partial charge in [-0.05, 0) is 18.2 Å². The minimum absolute atomic E-state index is 0.165. The van der Waals surface area contributed by atoms with E-state index < -0.39 is 0 Å². The van der Waals surface area contributed by atoms with Gasteiger partial charge in [0.05, 0.1) is 18.4 Å². The quantitative estimate of drug-likeness (QED) is 0.636. The fourth-order valence-electron chi connectivity index (χ4n) is 1.87. The number of ether oxygens (including phenoxy) is 1. The second-order valence-electron chi connectivity index (χ2n) is 4.49. The summed E-state index contributed by atoms with van der Waals surface area (Å²) in [6.07, 6.45) is 1.63. The molecule has 3 aromatic rings. The zero-order valence-electron chi connectivity index (χ0n) is 12.4. The third kappa shape index (κ3) is 4.05. The molecule has 0 fully saturated rings. The van der Waals surface area contributed by atoms with Crippen molar-refractivity contribution in [3.63, 3.8) is 0 Å². The van der Waals surface area contributed by atoms with Crippen LogP contribution >= 0.6 is 34.7 Å². The highest BCUT2D eigenvalue weighted by atomic mass is 35.5. The maximum Gasteiger partial charge on any atom is 0.236 e. The molecule has 2 aromatic heterocycles. The van der Waals surface area contributed by atoms with Gasteiger partial charge < -0.3 is 10.1 Å². The smallest absolute Gasteiger partial charge is 0.236 e. The molecule has 3 rings (SSSR count). The molecule has 1 aromatic carbocycles. The fourth-order valence-corrected chi connectivity index (χ4v) is 3.18. The van der Waals surface area contributed by atoms with Crippen molar-refractivity contribution in [3.05, 3.63) is 34.8 Å². The number of aromatic nitrogens is 4. The lowest BCUT2D eigenvalue weighted by Gasteiger charge is -2.05. The average molecular weight is 382 g/mol. The predicted octanol–water partition coefficient (Wildman–Crippen LogP) is 3.32. The molecule has 0 spiro atoms. The summed E-state index contributed by atoms with van der Waals surface area (Å²) in [4.78, 5) is 20.2. The molecular weight excluding hydrogens is 370 g/mol. The van der Waals surface area contributed by atoms with Crippen molar-refractivity contribution in [1.29, 1.82) is 0 Å². The molecule has 0 aliphatic carbocycles. The van der Waals surface area contributed by atoms with Crippen LogP contribution in [0, 0.1) is 0 Å². The first kappa shape index (κ1) is 16.7. The summed E-state index contributed by atoms with van der Waals surface area (Å²) in [7, 11) is 1.57. The van der Waals surface area contributed by atoms with Gasteiger partial charge in [-0.3, -0.25) is 9.89 Å². The number of amides is 1. The summed E-state index contributed by atoms with van der Waals surface area (Å²) in [6, 6.07) is 5.23. The lowest BCUT2D eigenvalue weighted by molar-refractivity contribution is -0.113. The summed E-state index contributed by atoms with van der Waals surface area (Å²) in [6.45, 7) is 0. The van der Waals surface area contributed by atoms with Crippen LogP contribution in [0.1, 0.15) is 0 Å². The summed E-state index contributed by atoms with van der Waals surface area (Å²) < 4.78 is 5.30. The first-order chi connectivity index (χ1) is 11.7. The van der Waals surface area contributed by atoms with E-state index in [1.807, 2.05) is 0 Å². The molecule has 7 nitrogen and oxygen atoms in total. The van der Waals surface area contributed by atoms with Crippen LogP contribution in [0.25, 0.3) is 11.4 Å². The van der Waals surface area contributed by atoms with Crippen LogP contribution in [0.4, 0.5) is 5.13 Å². The van der Waals surface area contributed by atoms with Crippen molar-refractivity contribution in [2.24, 2.45) is 0 Å². The number of hydrogen-bond acceptors (Lipinski definition) is 7. The van der Waals surface area contributed by atoms with Gasteiger partial charge in [0.15, 0.2) is 11.0 Å². The summed E-state index contributed by atoms with van der Waals surface area (Å²) in [5, 5.41) is 13.0. The van der Waals surface area contributed by atoms with E-state index in [1.165, 1.54) is 23.1 Å². The van der Waals surface area contributed by atoms with Crippen molar-refractivity contribution in [2.45, 2.75) is 5.16 Å². The number of nitrogens with one attached hydrogen (secondary N) is 2. The number of hydrogen-bond donors (Lipinski definition) is 2. The fraction of sp³-hybridized carbons (Fsp3) is 0.143. The largest absolute Gasteiger partial charge is 0.496 e. The van der Waals surface area contributed by atoms with Gasteiger partial charge in [-0.1, -0.05) is 23.4 Å². The molecule has 0 atom stereocenters. The third-order valence-electron chi connectivity index (χ3n) is 2.89. The standard InChI is InChI=1S/C14H12ClN5O2S2/c1-22-10-3-2-8(15)6-9(10)12-18-14(20-19-12)24-7-11(21)17-13-16-4-5-23-13/h2-6H,7H2,1H3,(H,16,17,21)(H,18,19,20). The number of carbonyl (C=O) groups excluding carboxylic acids is 1. The second kappa shape index (κ2) is 7.65. The lowest BCUT2D eigenvalue weighted by atomic mass is 10.2. The van der Waals surface area contributed by atoms with Crippen LogP contribution < -0.4 is 10.1 Å². The number of thiazole rings is 1. The normalized spacial score (nSPS) is 10.6. The second-order valence-corrected chi connectivity index (χ2v) is 6.76. The van der Waals surface area contributed by atoms with Gasteiger partial charge in [0.1, 0.15) is 5.75 Å². The van der Waals surface area contributed by atoms with Crippen LogP contribution in [0.15, 0.2) is 34.9 Å². The van der Waals surface area contributed by atoms with Gasteiger partial charge in [-0.15, -0.1) is 16.4 Å². The molecular formula is C14H12ClN5O2S2. The molecule has 0 radical (unpaired) electrons. The van der Waals surface area contributed by atoms with Gasteiger partial charge in [0.25, 0.3) is 0 Å². The van der Waals surface area contributed by atoms with Gasteiger partial charge in [0, 0.05) is 16.6 Å². The van der Waals surface area contributed by atoms with Crippen molar-refractivity contribution < 1.29 is 9.53 Å². The highest BCUT2D eigenvalue weighted by Crippen LogP contribution is 2.31. The number of anilines is 1. The number of aromatic amines is 1. The zero-order chi connectivity index (χ0) is 16.9. The highest BCUT2D eigenvalue weighted by molar-refractivity contribution is 7.99. The number of benzene rings is 1. The topological polar surface area (TPSA) is 92.8 Å². The van der Waals surface area contributed by atoms with E-state index in [2.05, 4.69) is 25.5 Å². The van der Waals surface area contributed by atoms with Crippen LogP contribution in [0.5, 0.6) is 5.75 Å². The van der Waals surface area contributed by atoms with Crippen molar-refractivity contribution in [1.82, 2.24) is 20.2 Å². The van der Waals surface area contributed by atoms with Crippen LogP contribution in [0.3, 0.4) is 0 Å². The monoisotopic (exact) mass is 381 g/mol. The Hall–Kier alpha value is -2.10. The zero-order valence-corrected chi connectivity index (χ0v) is 14.8. The van der Waals surface area contributed by atoms with Crippen LogP contribution in [-0.2, 0) is 4.79 Å². The van der Waals surface area contributed by atoms with Gasteiger partial charge >= 0.3 is 0 Å². The molecule has 0 aliphatic rings. The Balaban J connectivity index is 1.65. The summed E-state index contributed by atoms with van der Waals surface area (Å²) in [5.74, 6) is 1.18. The van der Waals surface area contributed by atoms with E-state index >= 15 is 0 Å². The van der Waals surface area contributed by atoms with Crippen molar-refractivity contribution in [2.75, 3.05) is 18.2 Å². The van der Waals surface area contributed by atoms with Gasteiger partial charge in [-0.2, -0.15) is 0 Å². The number of nitrogens with zero attached hydrogens (tertiary/aromatic N) is 3. The predicted molar refractivity (Wildman–Crippen MR) is 94.8 cm³/mol. The number of methoxy groups -OCH3 is 1. The molecule has 0 saturated carbocycles. The van der Waals surface area contributed by atoms with E-state index in [0.717, 1.165) is 0 Å². The van der Waals surface area contributed by atoms with Crippen molar-refractivity contribution >= 4 is 45.7 Å². The van der Waals surface area contributed by atoms with Gasteiger partial charge in [-0.25, -0.2) is 9.97 Å². The van der Waals surface area contributed by atoms with E-state index in [-0.39, 0.29) is 11.7 Å². The molecule has 1 amide bonds. The number of carbonyl (C=O) groups is 1. The maximum absolute atomic E-state index is 11.8. The third-order valence-corrected chi connectivity index (χ3v) is 4.66. The molecule has 0 bridgehead atoms. The first-order valence-electron chi connectivity index (χ1n) is 6.74. The Bertz CT molecular complexity index is 838. The number of rotatable bonds is 6. The lowest BCUT2D eigenvalue weighted by Crippen LogP contribution is -2.13. The first-order valence-corrected chi connectivity index (χ1v) is 8.98. The van der Waals surface area contributed by atoms with Crippen LogP contribution in [0.2, 0.25) is 5.02 Å². The SMILES string of the molecule is COc1ccc(Cl)cc1-c1nc(SCC(=O)Nc2nccs2)n[nH]1. The Kier molecular flexibility index (Phi) is 5.34. The average Bonchev–Trinajstić information content (AvgIpc) is 3.24. The van der Waals surface area contributed by atoms with Crippen molar-refractivity contribution in [3.8, 4) is 17.1 Å². The Labute approximate surface area is 150 Å². The summed E-state index contributed by atoms with van der Waals surface area (Å²) >= 11 is 8.60. The maximum atomic E-state index is 11.8. The molecule has 10 heteroatoms. The molecule has 2 N–H and O–H groups in total. The molecule has 0 unspecified atom stereocenters. The molecule has 24 heavy (non-hydrogen) atoms. The number of thioether (sulfide) groups is 1. The van der Waals surface area contributed by atoms with Gasteiger partial charge in [0.2, 0.25) is 11.1 Å². The Morgan fingerprint density at radius 2 is 2.38 bits per heavy atom. The summed E-state index contributed by atoms with van der Waals surface area (Å²) in [5.41, 5.74) is 0.705. The molecule has 2 heterocycles.